The Bertz CT molecular complexity index is 70.0. The van der Waals surface area contributed by atoms with Crippen LogP contribution in [0.4, 0.5) is 0 Å². The molecule has 0 heterocycles. The Morgan fingerprint density at radius 3 is 2.44 bits per heavy atom. The lowest BCUT2D eigenvalue weighted by molar-refractivity contribution is -0.417. The molecule has 7 heteroatoms. The first kappa shape index (κ1) is 8.72. The van der Waals surface area contributed by atoms with Crippen molar-refractivity contribution in [3.05, 3.63) is 10.9 Å². The summed E-state index contributed by atoms with van der Waals surface area (Å²) in [6.07, 6.45) is 0. The molecule has 3 N–H and O–H groups in total. The smallest absolute Gasteiger partial charge is 0.0106 e. The molecule has 0 unspecified atom stereocenters. The van der Waals surface area contributed by atoms with Crippen LogP contribution in [0.3, 0.4) is 0 Å². The Morgan fingerprint density at radius 1 is 1.56 bits per heavy atom. The quantitative estimate of drug-likeness (QED) is 0.402. The lowest BCUT2D eigenvalue weighted by atomic mass is 11.5. The zero-order valence-corrected chi connectivity index (χ0v) is 5.22. The molecule has 9 heavy (non-hydrogen) atoms. The first-order valence-electron chi connectivity index (χ1n) is 2.12. The lowest BCUT2D eigenvalue weighted by Crippen LogP contribution is -2.41. The van der Waals surface area contributed by atoms with Crippen molar-refractivity contribution in [3.8, 4) is 0 Å². The van der Waals surface area contributed by atoms with E-state index in [4.69, 9.17) is 11.0 Å². The van der Waals surface area contributed by atoms with E-state index < -0.39 is 0 Å². The molecule has 0 aliphatic carbocycles. The molecule has 0 aromatic carbocycles. The minimum atomic E-state index is 0.181. The molecule has 0 amide bonds. The van der Waals surface area contributed by atoms with E-state index in [2.05, 4.69) is 15.8 Å². The van der Waals surface area contributed by atoms with Crippen LogP contribution in [-0.2, 0) is 4.94 Å². The fourth-order valence-corrected chi connectivity index (χ4v) is 0.187. The van der Waals surface area contributed by atoms with Crippen LogP contribution in [0.1, 0.15) is 0 Å². The number of nitrogens with zero attached hydrogens (tertiary/aromatic N) is 4. The van der Waals surface area contributed by atoms with Crippen LogP contribution >= 0.6 is 0 Å². The van der Waals surface area contributed by atoms with Gasteiger partial charge in [0.05, 0.1) is 0 Å². The minimum absolute atomic E-state index is 0.181. The first-order chi connectivity index (χ1) is 4.22. The molecule has 0 aliphatic rings. The molecule has 0 saturated carbocycles. The fourth-order valence-electron chi connectivity index (χ4n) is 0.187. The number of hydrogen-bond acceptors (Lipinski definition) is 5. The van der Waals surface area contributed by atoms with E-state index in [1.807, 2.05) is 0 Å². The summed E-state index contributed by atoms with van der Waals surface area (Å²) in [5, 5.41) is 9.30. The number of hydrazine groups is 2. The van der Waals surface area contributed by atoms with Crippen LogP contribution < -0.4 is 5.84 Å². The van der Waals surface area contributed by atoms with E-state index in [-0.39, 0.29) is 5.34 Å². The Hall–Kier alpha value is -0.280. The van der Waals surface area contributed by atoms with Gasteiger partial charge in [-0.3, -0.25) is 11.0 Å². The molecule has 0 radical (unpaired) electrons. The summed E-state index contributed by atoms with van der Waals surface area (Å²) in [5.41, 5.74) is 6.41. The third-order valence-corrected chi connectivity index (χ3v) is 0.535. The summed E-state index contributed by atoms with van der Waals surface area (Å²) < 4.78 is 0. The van der Waals surface area contributed by atoms with Gasteiger partial charge < -0.3 is 15.8 Å². The maximum Gasteiger partial charge on any atom is -0.0106 e. The largest absolute Gasteiger partial charge is 0.563 e. The second-order valence-corrected chi connectivity index (χ2v) is 1.04. The predicted octanol–water partition coefficient (Wildman–Crippen LogP) is -0.463. The Balaban J connectivity index is 3.32. The van der Waals surface area contributed by atoms with Crippen molar-refractivity contribution in [1.82, 2.24) is 10.6 Å². The van der Waals surface area contributed by atoms with Gasteiger partial charge in [-0.15, -0.1) is 14.1 Å². The molecule has 0 fully saturated rings. The number of rotatable bonds is 4. The highest BCUT2D eigenvalue weighted by Gasteiger charge is 1.90. The van der Waals surface area contributed by atoms with Crippen molar-refractivity contribution in [2.75, 3.05) is 14.1 Å². The molecule has 0 aromatic heterocycles. The van der Waals surface area contributed by atoms with Crippen LogP contribution in [0.25, 0.3) is 10.9 Å². The third kappa shape index (κ3) is 3.32. The summed E-state index contributed by atoms with van der Waals surface area (Å²) in [6.45, 7) is 0. The van der Waals surface area contributed by atoms with Crippen molar-refractivity contribution in [1.29, 1.82) is 0 Å². The molecule has 0 bridgehead atoms. The third-order valence-electron chi connectivity index (χ3n) is 0.535. The Labute approximate surface area is 52.7 Å². The van der Waals surface area contributed by atoms with E-state index in [0.717, 1.165) is 0 Å². The summed E-state index contributed by atoms with van der Waals surface area (Å²) in [6, 6.07) is 0. The molecule has 56 valence electrons. The fraction of sp³-hybridized carbons (Fsp3) is 1.00. The molecule has 0 saturated heterocycles. The van der Waals surface area contributed by atoms with Crippen LogP contribution in [-0.4, -0.2) is 29.9 Å². The maximum atomic E-state index is 8.54. The maximum absolute atomic E-state index is 8.54. The molecule has 7 nitrogen and oxygen atoms in total. The van der Waals surface area contributed by atoms with Gasteiger partial charge in [-0.1, -0.05) is 0 Å². The zero-order valence-electron chi connectivity index (χ0n) is 5.22. The lowest BCUT2D eigenvalue weighted by Gasteiger charge is -2.36. The minimum Gasteiger partial charge on any atom is -0.563 e. The van der Waals surface area contributed by atoms with Gasteiger partial charge in [0.15, 0.2) is 0 Å². The van der Waals surface area contributed by atoms with Crippen molar-refractivity contribution < 1.29 is 10.1 Å². The van der Waals surface area contributed by atoms with Crippen LogP contribution in [0.15, 0.2) is 0 Å². The average molecular weight is 135 g/mol. The number of nitrogens with two attached hydrogens (primary N) is 1. The highest BCUT2D eigenvalue weighted by molar-refractivity contribution is 4.52. The highest BCUT2D eigenvalue weighted by Crippen LogP contribution is 1.94. The van der Waals surface area contributed by atoms with E-state index in [9.17, 15) is 0 Å². The van der Waals surface area contributed by atoms with Crippen molar-refractivity contribution in [3.63, 3.8) is 0 Å². The predicted molar refractivity (Wildman–Crippen MR) is 29.3 cm³/mol. The summed E-state index contributed by atoms with van der Waals surface area (Å²) in [5.74, 6) is 4.96. The standard InChI is InChI=1S/C2H9N5O2/c1-4-6(3)7(8)9-5-2/h8H,3H2,1-2H3/q-2. The van der Waals surface area contributed by atoms with E-state index >= 15 is 0 Å². The average Bonchev–Trinajstić information content (AvgIpc) is 1.87. The molecule has 0 atom stereocenters. The monoisotopic (exact) mass is 135 g/mol. The molecular weight excluding hydrogens is 126 g/mol. The SMILES string of the molecule is C[N-]ON(O)N(N)[N-]C. The molecule has 0 rings (SSSR count). The van der Waals surface area contributed by atoms with Gasteiger partial charge in [0.25, 0.3) is 0 Å². The number of hydroxylamine groups is 1. The van der Waals surface area contributed by atoms with Crippen molar-refractivity contribution in [2.45, 2.75) is 0 Å². The molecule has 0 aromatic rings. The Kier molecular flexibility index (Phi) is 4.44. The highest BCUT2D eigenvalue weighted by atomic mass is 17.0. The second-order valence-electron chi connectivity index (χ2n) is 1.04. The van der Waals surface area contributed by atoms with Gasteiger partial charge >= 0.3 is 0 Å². The van der Waals surface area contributed by atoms with Gasteiger partial charge in [-0.25, -0.2) is 5.23 Å². The van der Waals surface area contributed by atoms with Crippen molar-refractivity contribution in [2.24, 2.45) is 5.84 Å². The molecule has 0 aliphatic heterocycles. The van der Waals surface area contributed by atoms with Gasteiger partial charge in [0, 0.05) is 0 Å². The van der Waals surface area contributed by atoms with Crippen LogP contribution in [0.5, 0.6) is 0 Å². The summed E-state index contributed by atoms with van der Waals surface area (Å²) in [4.78, 5) is 4.12. The van der Waals surface area contributed by atoms with Crippen LogP contribution in [0, 0.1) is 0 Å². The second kappa shape index (κ2) is 4.58. The summed E-state index contributed by atoms with van der Waals surface area (Å²) >= 11 is 0. The van der Waals surface area contributed by atoms with E-state index in [1.165, 1.54) is 14.1 Å². The zero-order chi connectivity index (χ0) is 7.28. The topological polar surface area (TPSA) is 90.2 Å². The molecule has 0 spiro atoms. The first-order valence-corrected chi connectivity index (χ1v) is 2.12. The van der Waals surface area contributed by atoms with Crippen LogP contribution in [0.2, 0.25) is 0 Å². The molecular formula is C2H9N5O2-2. The summed E-state index contributed by atoms with van der Waals surface area (Å²) in [7, 11) is 2.72. The normalized spacial score (nSPS) is 11.3. The van der Waals surface area contributed by atoms with Gasteiger partial charge in [0.1, 0.15) is 0 Å². The van der Waals surface area contributed by atoms with Crippen molar-refractivity contribution >= 4 is 0 Å². The Morgan fingerprint density at radius 2 is 2.11 bits per heavy atom. The van der Waals surface area contributed by atoms with E-state index in [1.54, 1.807) is 0 Å². The van der Waals surface area contributed by atoms with Gasteiger partial charge in [-0.2, -0.15) is 0 Å². The van der Waals surface area contributed by atoms with Gasteiger partial charge in [-0.05, 0) is 5.34 Å². The van der Waals surface area contributed by atoms with E-state index in [0.29, 0.717) is 5.23 Å². The van der Waals surface area contributed by atoms with Gasteiger partial charge in [0.2, 0.25) is 0 Å². The number of hydrogen-bond donors (Lipinski definition) is 2.